The van der Waals surface area contributed by atoms with Crippen LogP contribution in [0.15, 0.2) is 24.3 Å². The second kappa shape index (κ2) is 7.43. The molecule has 0 aliphatic carbocycles. The molecular formula is C15H21ClN2O3. The fourth-order valence-corrected chi connectivity index (χ4v) is 2.46. The highest BCUT2D eigenvalue weighted by molar-refractivity contribution is 6.31. The number of carboxylic acid groups (broad SMARTS) is 1. The molecule has 0 unspecified atom stereocenters. The molecule has 0 aromatic heterocycles. The molecular weight excluding hydrogens is 292 g/mol. The van der Waals surface area contributed by atoms with E-state index in [4.69, 9.17) is 17.3 Å². The normalized spacial score (nSPS) is 12.8. The van der Waals surface area contributed by atoms with Crippen molar-refractivity contribution in [2.24, 2.45) is 11.1 Å². The van der Waals surface area contributed by atoms with Crippen LogP contribution in [-0.4, -0.2) is 23.5 Å². The van der Waals surface area contributed by atoms with Gasteiger partial charge < -0.3 is 16.2 Å². The van der Waals surface area contributed by atoms with E-state index in [2.05, 4.69) is 5.32 Å². The zero-order chi connectivity index (χ0) is 16.0. The van der Waals surface area contributed by atoms with Gasteiger partial charge in [0, 0.05) is 17.1 Å². The monoisotopic (exact) mass is 312 g/mol. The van der Waals surface area contributed by atoms with Crippen LogP contribution in [0.25, 0.3) is 0 Å². The van der Waals surface area contributed by atoms with E-state index in [1.54, 1.807) is 24.3 Å². The summed E-state index contributed by atoms with van der Waals surface area (Å²) in [5.41, 5.74) is 5.32. The van der Waals surface area contributed by atoms with Crippen molar-refractivity contribution >= 4 is 23.5 Å². The zero-order valence-corrected chi connectivity index (χ0v) is 13.0. The molecule has 1 amide bonds. The van der Waals surface area contributed by atoms with Crippen LogP contribution in [0.2, 0.25) is 5.02 Å². The molecule has 0 radical (unpaired) electrons. The highest BCUT2D eigenvalue weighted by atomic mass is 35.5. The van der Waals surface area contributed by atoms with E-state index in [-0.39, 0.29) is 12.5 Å². The van der Waals surface area contributed by atoms with Crippen LogP contribution in [0, 0.1) is 5.41 Å². The molecule has 0 saturated heterocycles. The van der Waals surface area contributed by atoms with E-state index in [1.807, 2.05) is 13.8 Å². The van der Waals surface area contributed by atoms with Crippen LogP contribution in [0.4, 0.5) is 0 Å². The lowest BCUT2D eigenvalue weighted by Crippen LogP contribution is -2.47. The number of rotatable bonds is 7. The number of aliphatic carboxylic acids is 1. The fraction of sp³-hybridized carbons (Fsp3) is 0.467. The molecule has 0 spiro atoms. The summed E-state index contributed by atoms with van der Waals surface area (Å²) in [7, 11) is 0. The molecule has 0 bridgehead atoms. The molecule has 0 fully saturated rings. The molecule has 6 heteroatoms. The average Bonchev–Trinajstić information content (AvgIpc) is 2.48. The molecule has 1 rings (SSSR count). The SMILES string of the molecule is CCC(CC)(CN)C(=O)N[C@@H](C(=O)O)c1ccccc1Cl. The Morgan fingerprint density at radius 1 is 1.33 bits per heavy atom. The van der Waals surface area contributed by atoms with Crippen molar-refractivity contribution in [3.63, 3.8) is 0 Å². The van der Waals surface area contributed by atoms with E-state index in [0.29, 0.717) is 23.4 Å². The Balaban J connectivity index is 3.08. The Morgan fingerprint density at radius 2 is 1.90 bits per heavy atom. The Labute approximate surface area is 129 Å². The van der Waals surface area contributed by atoms with Crippen LogP contribution in [-0.2, 0) is 9.59 Å². The average molecular weight is 313 g/mol. The van der Waals surface area contributed by atoms with Gasteiger partial charge in [0.25, 0.3) is 0 Å². The third-order valence-electron chi connectivity index (χ3n) is 3.96. The molecule has 0 heterocycles. The molecule has 0 aliphatic rings. The van der Waals surface area contributed by atoms with Gasteiger partial charge in [-0.05, 0) is 18.9 Å². The second-order valence-corrected chi connectivity index (χ2v) is 5.36. The summed E-state index contributed by atoms with van der Waals surface area (Å²) >= 11 is 6.02. The molecule has 21 heavy (non-hydrogen) atoms. The number of benzene rings is 1. The summed E-state index contributed by atoms with van der Waals surface area (Å²) in [5.74, 6) is -1.52. The number of carbonyl (C=O) groups is 2. The first-order valence-electron chi connectivity index (χ1n) is 6.90. The summed E-state index contributed by atoms with van der Waals surface area (Å²) in [5, 5.41) is 12.2. The Bertz CT molecular complexity index is 507. The largest absolute Gasteiger partial charge is 0.479 e. The van der Waals surface area contributed by atoms with Crippen molar-refractivity contribution in [1.82, 2.24) is 5.32 Å². The van der Waals surface area contributed by atoms with E-state index in [0.717, 1.165) is 0 Å². The first-order valence-corrected chi connectivity index (χ1v) is 7.28. The smallest absolute Gasteiger partial charge is 0.330 e. The third kappa shape index (κ3) is 3.74. The minimum absolute atomic E-state index is 0.167. The van der Waals surface area contributed by atoms with Gasteiger partial charge >= 0.3 is 5.97 Å². The lowest BCUT2D eigenvalue weighted by Gasteiger charge is -2.30. The lowest BCUT2D eigenvalue weighted by atomic mass is 9.81. The second-order valence-electron chi connectivity index (χ2n) is 4.96. The maximum atomic E-state index is 12.5. The van der Waals surface area contributed by atoms with Gasteiger partial charge in [0.15, 0.2) is 6.04 Å². The van der Waals surface area contributed by atoms with Crippen molar-refractivity contribution in [2.45, 2.75) is 32.7 Å². The van der Waals surface area contributed by atoms with Gasteiger partial charge in [-0.15, -0.1) is 0 Å². The number of hydrogen-bond donors (Lipinski definition) is 3. The van der Waals surface area contributed by atoms with Crippen molar-refractivity contribution in [3.05, 3.63) is 34.9 Å². The van der Waals surface area contributed by atoms with E-state index < -0.39 is 17.4 Å². The highest BCUT2D eigenvalue weighted by Crippen LogP contribution is 2.28. The Hall–Kier alpha value is -1.59. The molecule has 1 aromatic rings. The van der Waals surface area contributed by atoms with Crippen LogP contribution < -0.4 is 11.1 Å². The minimum atomic E-state index is -1.18. The minimum Gasteiger partial charge on any atom is -0.479 e. The number of nitrogens with two attached hydrogens (primary N) is 1. The highest BCUT2D eigenvalue weighted by Gasteiger charge is 2.36. The van der Waals surface area contributed by atoms with Crippen LogP contribution in [0.5, 0.6) is 0 Å². The van der Waals surface area contributed by atoms with E-state index in [1.165, 1.54) is 0 Å². The van der Waals surface area contributed by atoms with Crippen LogP contribution >= 0.6 is 11.6 Å². The summed E-state index contributed by atoms with van der Waals surface area (Å²) < 4.78 is 0. The molecule has 1 aromatic carbocycles. The summed E-state index contributed by atoms with van der Waals surface area (Å²) in [6, 6.07) is 5.38. The quantitative estimate of drug-likeness (QED) is 0.720. The number of carbonyl (C=O) groups excluding carboxylic acids is 1. The van der Waals surface area contributed by atoms with Gasteiger partial charge in [-0.1, -0.05) is 43.6 Å². The summed E-state index contributed by atoms with van der Waals surface area (Å²) in [6.45, 7) is 3.89. The number of halogens is 1. The van der Waals surface area contributed by atoms with Crippen molar-refractivity contribution < 1.29 is 14.7 Å². The molecule has 0 aliphatic heterocycles. The molecule has 116 valence electrons. The first kappa shape index (κ1) is 17.5. The predicted octanol–water partition coefficient (Wildman–Crippen LogP) is 2.35. The fourth-order valence-electron chi connectivity index (χ4n) is 2.22. The van der Waals surface area contributed by atoms with Gasteiger partial charge in [-0.2, -0.15) is 0 Å². The lowest BCUT2D eigenvalue weighted by molar-refractivity contribution is -0.144. The van der Waals surface area contributed by atoms with Crippen molar-refractivity contribution in [1.29, 1.82) is 0 Å². The molecule has 5 nitrogen and oxygen atoms in total. The maximum absolute atomic E-state index is 12.5. The zero-order valence-electron chi connectivity index (χ0n) is 12.2. The standard InChI is InChI=1S/C15H21ClN2O3/c1-3-15(4-2,9-17)14(21)18-12(13(19)20)10-7-5-6-8-11(10)16/h5-8,12H,3-4,9,17H2,1-2H3,(H,18,21)(H,19,20)/t12-/m1/s1. The van der Waals surface area contributed by atoms with Gasteiger partial charge in [0.2, 0.25) is 5.91 Å². The maximum Gasteiger partial charge on any atom is 0.330 e. The van der Waals surface area contributed by atoms with Crippen LogP contribution in [0.3, 0.4) is 0 Å². The predicted molar refractivity (Wildman–Crippen MR) is 82.0 cm³/mol. The number of nitrogens with one attached hydrogen (secondary N) is 1. The van der Waals surface area contributed by atoms with Gasteiger partial charge in [-0.25, -0.2) is 4.79 Å². The summed E-state index contributed by atoms with van der Waals surface area (Å²) in [6.07, 6.45) is 1.08. The summed E-state index contributed by atoms with van der Waals surface area (Å²) in [4.78, 5) is 23.9. The first-order chi connectivity index (χ1) is 9.91. The number of amides is 1. The third-order valence-corrected chi connectivity index (χ3v) is 4.31. The Morgan fingerprint density at radius 3 is 2.33 bits per heavy atom. The number of hydrogen-bond acceptors (Lipinski definition) is 3. The van der Waals surface area contributed by atoms with Gasteiger partial charge in [0.05, 0.1) is 5.41 Å². The van der Waals surface area contributed by atoms with E-state index in [9.17, 15) is 14.7 Å². The van der Waals surface area contributed by atoms with Gasteiger partial charge in [-0.3, -0.25) is 4.79 Å². The molecule has 4 N–H and O–H groups in total. The Kier molecular flexibility index (Phi) is 6.18. The van der Waals surface area contributed by atoms with Crippen molar-refractivity contribution in [2.75, 3.05) is 6.54 Å². The molecule has 0 saturated carbocycles. The van der Waals surface area contributed by atoms with Crippen molar-refractivity contribution in [3.8, 4) is 0 Å². The van der Waals surface area contributed by atoms with E-state index >= 15 is 0 Å². The topological polar surface area (TPSA) is 92.4 Å². The van der Waals surface area contributed by atoms with Gasteiger partial charge in [0.1, 0.15) is 0 Å². The number of carboxylic acids is 1. The molecule has 1 atom stereocenters. The van der Waals surface area contributed by atoms with Crippen LogP contribution in [0.1, 0.15) is 38.3 Å².